The standard InChI is InChI=1S/C19H36N2O2/c1-15(2)8-6-9-16(3)10-7-11-19(5,23)18(14-22)21-13-12-20-17(21)4/h12-13,15-16,18,22-23H,6-11,14H2,1-5H3. The molecule has 1 aromatic rings. The number of aliphatic hydroxyl groups is 2. The van der Waals surface area contributed by atoms with Gasteiger partial charge in [0.15, 0.2) is 0 Å². The van der Waals surface area contributed by atoms with Crippen LogP contribution in [0.4, 0.5) is 0 Å². The Morgan fingerprint density at radius 1 is 1.17 bits per heavy atom. The van der Waals surface area contributed by atoms with Crippen molar-refractivity contribution in [3.63, 3.8) is 0 Å². The Hall–Kier alpha value is -0.870. The van der Waals surface area contributed by atoms with Crippen molar-refractivity contribution in [3.05, 3.63) is 18.2 Å². The summed E-state index contributed by atoms with van der Waals surface area (Å²) >= 11 is 0. The van der Waals surface area contributed by atoms with Crippen LogP contribution >= 0.6 is 0 Å². The normalized spacial score (nSPS) is 17.2. The lowest BCUT2D eigenvalue weighted by Gasteiger charge is -2.33. The third-order valence-electron chi connectivity index (χ3n) is 4.95. The zero-order valence-corrected chi connectivity index (χ0v) is 15.6. The van der Waals surface area contributed by atoms with Crippen molar-refractivity contribution in [1.82, 2.24) is 9.55 Å². The number of hydrogen-bond donors (Lipinski definition) is 2. The zero-order valence-electron chi connectivity index (χ0n) is 15.6. The van der Waals surface area contributed by atoms with Crippen LogP contribution < -0.4 is 0 Å². The molecule has 0 aliphatic heterocycles. The Bertz CT molecular complexity index is 440. The second-order valence-electron chi connectivity index (χ2n) is 7.76. The molecule has 0 aliphatic carbocycles. The third-order valence-corrected chi connectivity index (χ3v) is 4.95. The third kappa shape index (κ3) is 6.64. The first-order valence-corrected chi connectivity index (χ1v) is 9.10. The monoisotopic (exact) mass is 324 g/mol. The topological polar surface area (TPSA) is 58.3 Å². The SMILES string of the molecule is Cc1nccn1C(CO)C(C)(O)CCCC(C)CCCC(C)C. The molecular formula is C19H36N2O2. The molecule has 1 heterocycles. The predicted octanol–water partition coefficient (Wildman–Crippen LogP) is 4.11. The maximum atomic E-state index is 10.8. The van der Waals surface area contributed by atoms with E-state index in [9.17, 15) is 10.2 Å². The van der Waals surface area contributed by atoms with E-state index in [2.05, 4.69) is 25.8 Å². The number of nitrogens with zero attached hydrogens (tertiary/aromatic N) is 2. The van der Waals surface area contributed by atoms with E-state index in [0.29, 0.717) is 12.3 Å². The molecule has 3 atom stereocenters. The van der Waals surface area contributed by atoms with Crippen LogP contribution in [0.15, 0.2) is 12.4 Å². The molecule has 0 aromatic carbocycles. The fourth-order valence-corrected chi connectivity index (χ4v) is 3.30. The average Bonchev–Trinajstić information content (AvgIpc) is 2.85. The Morgan fingerprint density at radius 2 is 1.83 bits per heavy atom. The fraction of sp³-hybridized carbons (Fsp3) is 0.842. The summed E-state index contributed by atoms with van der Waals surface area (Å²) in [5.41, 5.74) is -0.919. The van der Waals surface area contributed by atoms with E-state index >= 15 is 0 Å². The van der Waals surface area contributed by atoms with E-state index in [-0.39, 0.29) is 12.6 Å². The Labute approximate surface area is 141 Å². The number of aryl methyl sites for hydroxylation is 1. The minimum absolute atomic E-state index is 0.0753. The molecule has 0 saturated carbocycles. The van der Waals surface area contributed by atoms with Crippen LogP contribution in [0.1, 0.15) is 78.1 Å². The second kappa shape index (κ2) is 9.43. The van der Waals surface area contributed by atoms with E-state index in [4.69, 9.17) is 0 Å². The number of aromatic nitrogens is 2. The average molecular weight is 325 g/mol. The molecular weight excluding hydrogens is 288 g/mol. The van der Waals surface area contributed by atoms with Gasteiger partial charge in [0.1, 0.15) is 5.82 Å². The second-order valence-corrected chi connectivity index (χ2v) is 7.76. The van der Waals surface area contributed by atoms with Gasteiger partial charge in [-0.3, -0.25) is 0 Å². The van der Waals surface area contributed by atoms with Gasteiger partial charge in [-0.25, -0.2) is 4.98 Å². The highest BCUT2D eigenvalue weighted by Crippen LogP contribution is 2.30. The van der Waals surface area contributed by atoms with Crippen molar-refractivity contribution in [3.8, 4) is 0 Å². The summed E-state index contributed by atoms with van der Waals surface area (Å²) < 4.78 is 1.88. The molecule has 0 spiro atoms. The highest BCUT2D eigenvalue weighted by molar-refractivity contribution is 4.98. The molecule has 0 bridgehead atoms. The number of hydrogen-bond acceptors (Lipinski definition) is 3. The van der Waals surface area contributed by atoms with Gasteiger partial charge >= 0.3 is 0 Å². The lowest BCUT2D eigenvalue weighted by atomic mass is 9.87. The molecule has 23 heavy (non-hydrogen) atoms. The van der Waals surface area contributed by atoms with E-state index in [1.54, 1.807) is 6.20 Å². The van der Waals surface area contributed by atoms with Gasteiger partial charge in [0, 0.05) is 12.4 Å². The molecule has 0 radical (unpaired) electrons. The fourth-order valence-electron chi connectivity index (χ4n) is 3.30. The van der Waals surface area contributed by atoms with Gasteiger partial charge in [0.25, 0.3) is 0 Å². The first kappa shape index (κ1) is 20.2. The van der Waals surface area contributed by atoms with Crippen LogP contribution in [0, 0.1) is 18.8 Å². The highest BCUT2D eigenvalue weighted by Gasteiger charge is 2.33. The molecule has 1 aromatic heterocycles. The molecule has 3 unspecified atom stereocenters. The van der Waals surface area contributed by atoms with Crippen LogP contribution in [-0.2, 0) is 0 Å². The number of aliphatic hydroxyl groups excluding tert-OH is 1. The van der Waals surface area contributed by atoms with Gasteiger partial charge < -0.3 is 14.8 Å². The van der Waals surface area contributed by atoms with E-state index in [0.717, 1.165) is 24.6 Å². The lowest BCUT2D eigenvalue weighted by Crippen LogP contribution is -2.39. The summed E-state index contributed by atoms with van der Waals surface area (Å²) in [6.45, 7) is 10.5. The summed E-state index contributed by atoms with van der Waals surface area (Å²) in [4.78, 5) is 4.20. The molecule has 4 heteroatoms. The van der Waals surface area contributed by atoms with Gasteiger partial charge in [-0.1, -0.05) is 52.9 Å². The maximum absolute atomic E-state index is 10.8. The molecule has 0 saturated heterocycles. The molecule has 0 aliphatic rings. The van der Waals surface area contributed by atoms with E-state index in [1.165, 1.54) is 19.3 Å². The minimum Gasteiger partial charge on any atom is -0.394 e. The molecule has 0 fully saturated rings. The van der Waals surface area contributed by atoms with Crippen molar-refractivity contribution < 1.29 is 10.2 Å². The van der Waals surface area contributed by atoms with Crippen molar-refractivity contribution in [1.29, 1.82) is 0 Å². The predicted molar refractivity (Wildman–Crippen MR) is 95.4 cm³/mol. The van der Waals surface area contributed by atoms with Crippen LogP contribution in [0.25, 0.3) is 0 Å². The summed E-state index contributed by atoms with van der Waals surface area (Å²) in [6.07, 6.45) is 10.2. The molecule has 4 nitrogen and oxygen atoms in total. The highest BCUT2D eigenvalue weighted by atomic mass is 16.3. The van der Waals surface area contributed by atoms with Gasteiger partial charge in [-0.15, -0.1) is 0 Å². The maximum Gasteiger partial charge on any atom is 0.105 e. The van der Waals surface area contributed by atoms with Gasteiger partial charge in [-0.2, -0.15) is 0 Å². The Kier molecular flexibility index (Phi) is 8.27. The van der Waals surface area contributed by atoms with Crippen molar-refractivity contribution in [2.45, 2.75) is 84.8 Å². The number of imidazole rings is 1. The Morgan fingerprint density at radius 3 is 2.35 bits per heavy atom. The molecule has 1 rings (SSSR count). The molecule has 134 valence electrons. The van der Waals surface area contributed by atoms with E-state index in [1.807, 2.05) is 24.6 Å². The van der Waals surface area contributed by atoms with Gasteiger partial charge in [0.2, 0.25) is 0 Å². The molecule has 2 N–H and O–H groups in total. The summed E-state index contributed by atoms with van der Waals surface area (Å²) in [5, 5.41) is 20.5. The van der Waals surface area contributed by atoms with Crippen molar-refractivity contribution in [2.75, 3.05) is 6.61 Å². The van der Waals surface area contributed by atoms with Crippen molar-refractivity contribution >= 4 is 0 Å². The van der Waals surface area contributed by atoms with Crippen LogP contribution in [0.2, 0.25) is 0 Å². The molecule has 0 amide bonds. The smallest absolute Gasteiger partial charge is 0.105 e. The Balaban J connectivity index is 2.43. The van der Waals surface area contributed by atoms with Gasteiger partial charge in [-0.05, 0) is 32.1 Å². The summed E-state index contributed by atoms with van der Waals surface area (Å²) in [7, 11) is 0. The van der Waals surface area contributed by atoms with E-state index < -0.39 is 5.60 Å². The van der Waals surface area contributed by atoms with Crippen LogP contribution in [0.3, 0.4) is 0 Å². The van der Waals surface area contributed by atoms with Crippen LogP contribution in [-0.4, -0.2) is 32.0 Å². The first-order chi connectivity index (χ1) is 10.8. The van der Waals surface area contributed by atoms with Gasteiger partial charge in [0.05, 0.1) is 18.2 Å². The largest absolute Gasteiger partial charge is 0.394 e. The zero-order chi connectivity index (χ0) is 17.5. The number of rotatable bonds is 11. The first-order valence-electron chi connectivity index (χ1n) is 9.10. The lowest BCUT2D eigenvalue weighted by molar-refractivity contribution is -0.0269. The van der Waals surface area contributed by atoms with Crippen molar-refractivity contribution in [2.24, 2.45) is 11.8 Å². The van der Waals surface area contributed by atoms with Crippen LogP contribution in [0.5, 0.6) is 0 Å². The summed E-state index contributed by atoms with van der Waals surface area (Å²) in [5.74, 6) is 2.31. The minimum atomic E-state index is -0.919. The quantitative estimate of drug-likeness (QED) is 0.644. The summed E-state index contributed by atoms with van der Waals surface area (Å²) in [6, 6.07) is -0.332.